The lowest BCUT2D eigenvalue weighted by atomic mass is 9.81. The lowest BCUT2D eigenvalue weighted by molar-refractivity contribution is 0.279. The highest BCUT2D eigenvalue weighted by molar-refractivity contribution is 6.33. The van der Waals surface area contributed by atoms with Crippen molar-refractivity contribution in [2.24, 2.45) is 5.92 Å². The van der Waals surface area contributed by atoms with Crippen LogP contribution in [-0.2, 0) is 6.42 Å². The van der Waals surface area contributed by atoms with Gasteiger partial charge in [0.1, 0.15) is 11.6 Å². The van der Waals surface area contributed by atoms with Gasteiger partial charge in [0, 0.05) is 12.0 Å². The Bertz CT molecular complexity index is 607. The Morgan fingerprint density at radius 2 is 2.21 bits per heavy atom. The van der Waals surface area contributed by atoms with Gasteiger partial charge in [-0.3, -0.25) is 0 Å². The molecule has 0 atom stereocenters. The zero-order valence-corrected chi connectivity index (χ0v) is 11.1. The minimum atomic E-state index is -0.371. The summed E-state index contributed by atoms with van der Waals surface area (Å²) in [6.45, 7) is 0. The van der Waals surface area contributed by atoms with E-state index in [1.807, 2.05) is 0 Å². The van der Waals surface area contributed by atoms with Crippen LogP contribution in [0.4, 0.5) is 10.2 Å². The topological polar surface area (TPSA) is 52.0 Å². The van der Waals surface area contributed by atoms with Crippen molar-refractivity contribution < 1.29 is 8.91 Å². The number of hydrogen-bond donors (Lipinski definition) is 1. The number of aromatic nitrogens is 1. The zero-order valence-electron chi connectivity index (χ0n) is 10.3. The van der Waals surface area contributed by atoms with Crippen LogP contribution in [0.2, 0.25) is 5.02 Å². The SMILES string of the molecule is Nc1noc(CC2CCC2)c1-c1ccc(F)cc1Cl. The molecular weight excluding hydrogens is 267 g/mol. The zero-order chi connectivity index (χ0) is 13.4. The lowest BCUT2D eigenvalue weighted by Crippen LogP contribution is -2.13. The Balaban J connectivity index is 2.00. The number of nitrogens with two attached hydrogens (primary N) is 1. The molecule has 1 heterocycles. The molecule has 0 bridgehead atoms. The summed E-state index contributed by atoms with van der Waals surface area (Å²) in [5, 5.41) is 4.14. The van der Waals surface area contributed by atoms with Crippen LogP contribution in [0, 0.1) is 11.7 Å². The highest BCUT2D eigenvalue weighted by atomic mass is 35.5. The number of nitrogens with zero attached hydrogens (tertiary/aromatic N) is 1. The first-order chi connectivity index (χ1) is 9.15. The van der Waals surface area contributed by atoms with Gasteiger partial charge in [0.25, 0.3) is 0 Å². The quantitative estimate of drug-likeness (QED) is 0.922. The Hall–Kier alpha value is -1.55. The maximum Gasteiger partial charge on any atom is 0.175 e. The van der Waals surface area contributed by atoms with Crippen LogP contribution >= 0.6 is 11.6 Å². The normalized spacial score (nSPS) is 15.5. The van der Waals surface area contributed by atoms with Crippen molar-refractivity contribution in [3.63, 3.8) is 0 Å². The molecule has 2 aromatic rings. The van der Waals surface area contributed by atoms with Crippen molar-refractivity contribution in [1.29, 1.82) is 0 Å². The molecule has 0 unspecified atom stereocenters. The molecule has 1 aromatic heterocycles. The third kappa shape index (κ3) is 2.32. The fraction of sp³-hybridized carbons (Fsp3) is 0.357. The van der Waals surface area contributed by atoms with E-state index in [9.17, 15) is 4.39 Å². The fourth-order valence-corrected chi connectivity index (χ4v) is 2.68. The van der Waals surface area contributed by atoms with E-state index in [4.69, 9.17) is 21.9 Å². The van der Waals surface area contributed by atoms with Gasteiger partial charge in [-0.15, -0.1) is 0 Å². The van der Waals surface area contributed by atoms with Crippen LogP contribution in [0.25, 0.3) is 11.1 Å². The van der Waals surface area contributed by atoms with E-state index in [1.165, 1.54) is 31.4 Å². The first-order valence-corrected chi connectivity index (χ1v) is 6.72. The van der Waals surface area contributed by atoms with E-state index in [-0.39, 0.29) is 5.82 Å². The molecule has 0 radical (unpaired) electrons. The van der Waals surface area contributed by atoms with Gasteiger partial charge in [0.2, 0.25) is 0 Å². The fourth-order valence-electron chi connectivity index (χ4n) is 2.42. The van der Waals surface area contributed by atoms with Crippen molar-refractivity contribution in [2.45, 2.75) is 25.7 Å². The molecule has 2 N–H and O–H groups in total. The third-order valence-corrected chi connectivity index (χ3v) is 4.00. The van der Waals surface area contributed by atoms with Crippen molar-refractivity contribution in [3.8, 4) is 11.1 Å². The van der Waals surface area contributed by atoms with Crippen molar-refractivity contribution in [2.75, 3.05) is 5.73 Å². The Morgan fingerprint density at radius 3 is 2.84 bits per heavy atom. The van der Waals surface area contributed by atoms with Gasteiger partial charge < -0.3 is 10.3 Å². The smallest absolute Gasteiger partial charge is 0.175 e. The van der Waals surface area contributed by atoms with Gasteiger partial charge in [0.05, 0.1) is 10.6 Å². The van der Waals surface area contributed by atoms with E-state index in [2.05, 4.69) is 5.16 Å². The first kappa shape index (κ1) is 12.5. The monoisotopic (exact) mass is 280 g/mol. The van der Waals surface area contributed by atoms with Gasteiger partial charge >= 0.3 is 0 Å². The average Bonchev–Trinajstić information content (AvgIpc) is 2.66. The predicted octanol–water partition coefficient (Wildman–Crippen LogP) is 4.06. The number of rotatable bonds is 3. The molecule has 3 rings (SSSR count). The summed E-state index contributed by atoms with van der Waals surface area (Å²) in [7, 11) is 0. The molecule has 1 aliphatic rings. The number of hydrogen-bond acceptors (Lipinski definition) is 3. The summed E-state index contributed by atoms with van der Waals surface area (Å²) in [5.74, 6) is 1.31. The molecule has 19 heavy (non-hydrogen) atoms. The molecular formula is C14H14ClFN2O. The highest BCUT2D eigenvalue weighted by Gasteiger charge is 2.24. The molecule has 1 aliphatic carbocycles. The van der Waals surface area contributed by atoms with Gasteiger partial charge in [-0.25, -0.2) is 4.39 Å². The molecule has 1 fully saturated rings. The second kappa shape index (κ2) is 4.85. The number of anilines is 1. The van der Waals surface area contributed by atoms with E-state index >= 15 is 0 Å². The molecule has 0 amide bonds. The summed E-state index contributed by atoms with van der Waals surface area (Å²) in [4.78, 5) is 0. The largest absolute Gasteiger partial charge is 0.380 e. The molecule has 0 aliphatic heterocycles. The Labute approximate surface area is 115 Å². The van der Waals surface area contributed by atoms with Crippen LogP contribution in [0.5, 0.6) is 0 Å². The highest BCUT2D eigenvalue weighted by Crippen LogP contribution is 2.38. The predicted molar refractivity (Wildman–Crippen MR) is 72.4 cm³/mol. The summed E-state index contributed by atoms with van der Waals surface area (Å²) in [5.41, 5.74) is 7.24. The van der Waals surface area contributed by atoms with Gasteiger partial charge in [0.15, 0.2) is 5.82 Å². The van der Waals surface area contributed by atoms with Crippen molar-refractivity contribution in [3.05, 3.63) is 34.8 Å². The molecule has 3 nitrogen and oxygen atoms in total. The van der Waals surface area contributed by atoms with Crippen LogP contribution < -0.4 is 5.73 Å². The third-order valence-electron chi connectivity index (χ3n) is 3.69. The minimum Gasteiger partial charge on any atom is -0.380 e. The van der Waals surface area contributed by atoms with Gasteiger partial charge in [-0.05, 0) is 24.1 Å². The standard InChI is InChI=1S/C14H14ClFN2O/c15-11-7-9(16)4-5-10(11)13-12(19-18-14(13)17)6-8-2-1-3-8/h4-5,7-8H,1-3,6H2,(H2,17,18). The Kier molecular flexibility index (Phi) is 3.19. The summed E-state index contributed by atoms with van der Waals surface area (Å²) in [6, 6.07) is 4.25. The first-order valence-electron chi connectivity index (χ1n) is 6.34. The summed E-state index contributed by atoms with van der Waals surface area (Å²) < 4.78 is 18.4. The number of halogens is 2. The van der Waals surface area contributed by atoms with Crippen molar-refractivity contribution >= 4 is 17.4 Å². The second-order valence-corrected chi connectivity index (χ2v) is 5.40. The van der Waals surface area contributed by atoms with Crippen molar-refractivity contribution in [1.82, 2.24) is 5.16 Å². The van der Waals surface area contributed by atoms with E-state index in [0.717, 1.165) is 12.2 Å². The number of benzene rings is 1. The molecule has 0 spiro atoms. The van der Waals surface area contributed by atoms with Crippen LogP contribution in [0.3, 0.4) is 0 Å². The maximum absolute atomic E-state index is 13.1. The summed E-state index contributed by atoms with van der Waals surface area (Å²) in [6.07, 6.45) is 4.49. The molecule has 1 aromatic carbocycles. The maximum atomic E-state index is 13.1. The average molecular weight is 281 g/mol. The molecule has 100 valence electrons. The van der Waals surface area contributed by atoms with E-state index in [0.29, 0.717) is 27.9 Å². The second-order valence-electron chi connectivity index (χ2n) is 4.99. The molecule has 0 saturated heterocycles. The van der Waals surface area contributed by atoms with Gasteiger partial charge in [-0.2, -0.15) is 0 Å². The van der Waals surface area contributed by atoms with Crippen LogP contribution in [-0.4, -0.2) is 5.16 Å². The lowest BCUT2D eigenvalue weighted by Gasteiger charge is -2.24. The van der Waals surface area contributed by atoms with E-state index in [1.54, 1.807) is 6.07 Å². The minimum absolute atomic E-state index is 0.308. The number of nitrogen functional groups attached to an aromatic ring is 1. The summed E-state index contributed by atoms with van der Waals surface area (Å²) >= 11 is 6.08. The van der Waals surface area contributed by atoms with Gasteiger partial charge in [-0.1, -0.05) is 36.0 Å². The molecule has 5 heteroatoms. The molecule has 1 saturated carbocycles. The Morgan fingerprint density at radius 1 is 1.42 bits per heavy atom. The van der Waals surface area contributed by atoms with E-state index < -0.39 is 0 Å². The van der Waals surface area contributed by atoms with Crippen LogP contribution in [0.1, 0.15) is 25.0 Å². The van der Waals surface area contributed by atoms with Crippen LogP contribution in [0.15, 0.2) is 22.7 Å².